The molecule has 1 aromatic carbocycles. The van der Waals surface area contributed by atoms with Crippen LogP contribution in [0.3, 0.4) is 0 Å². The molecule has 1 amide bonds. The van der Waals surface area contributed by atoms with E-state index in [4.69, 9.17) is 0 Å². The van der Waals surface area contributed by atoms with Gasteiger partial charge < -0.3 is 4.90 Å². The Labute approximate surface area is 157 Å². The van der Waals surface area contributed by atoms with E-state index in [1.54, 1.807) is 0 Å². The average Bonchev–Trinajstić information content (AvgIpc) is 3.10. The molecule has 5 nitrogen and oxygen atoms in total. The quantitative estimate of drug-likeness (QED) is 0.898. The molecule has 1 atom stereocenters. The molecule has 0 bridgehead atoms. The Hall–Kier alpha value is -2.28. The van der Waals surface area contributed by atoms with Crippen molar-refractivity contribution >= 4 is 5.91 Å². The van der Waals surface area contributed by atoms with E-state index in [1.165, 1.54) is 12.1 Å². The van der Waals surface area contributed by atoms with Gasteiger partial charge in [0.05, 0.1) is 6.04 Å². The minimum atomic E-state index is -0.641. The molecule has 1 N–H and O–H groups in total. The van der Waals surface area contributed by atoms with Crippen molar-refractivity contribution in [1.82, 2.24) is 20.0 Å². The van der Waals surface area contributed by atoms with E-state index in [1.807, 2.05) is 4.90 Å². The van der Waals surface area contributed by atoms with Crippen LogP contribution in [0.2, 0.25) is 0 Å². The maximum Gasteiger partial charge on any atom is 0.240 e. The zero-order valence-corrected chi connectivity index (χ0v) is 15.5. The van der Waals surface area contributed by atoms with E-state index in [9.17, 15) is 13.6 Å². The number of likely N-dealkylation sites (tertiary alicyclic amines) is 1. The molecule has 2 aliphatic heterocycles. The Morgan fingerprint density at radius 1 is 1.30 bits per heavy atom. The van der Waals surface area contributed by atoms with E-state index < -0.39 is 11.6 Å². The van der Waals surface area contributed by atoms with Crippen LogP contribution in [-0.2, 0) is 17.8 Å². The van der Waals surface area contributed by atoms with Gasteiger partial charge >= 0.3 is 0 Å². The van der Waals surface area contributed by atoms with Crippen molar-refractivity contribution in [3.8, 4) is 11.3 Å². The van der Waals surface area contributed by atoms with E-state index >= 15 is 0 Å². The largest absolute Gasteiger partial charge is 0.336 e. The number of likely N-dealkylation sites (N-methyl/N-ethyl adjacent to an activating group) is 1. The van der Waals surface area contributed by atoms with E-state index in [2.05, 4.69) is 22.0 Å². The Bertz CT molecular complexity index is 851. The second kappa shape index (κ2) is 7.38. The lowest BCUT2D eigenvalue weighted by Crippen LogP contribution is -2.51. The van der Waals surface area contributed by atoms with Crippen molar-refractivity contribution in [3.63, 3.8) is 0 Å². The minimum absolute atomic E-state index is 0.0665. The van der Waals surface area contributed by atoms with Gasteiger partial charge in [0.2, 0.25) is 5.91 Å². The van der Waals surface area contributed by atoms with Gasteiger partial charge in [0.1, 0.15) is 17.3 Å². The highest BCUT2D eigenvalue weighted by molar-refractivity contribution is 5.82. The number of hydrogen-bond acceptors (Lipinski definition) is 3. The van der Waals surface area contributed by atoms with Crippen LogP contribution in [0.4, 0.5) is 8.78 Å². The zero-order valence-electron chi connectivity index (χ0n) is 15.5. The number of rotatable bonds is 3. The summed E-state index contributed by atoms with van der Waals surface area (Å²) in [6, 6.07) is 3.43. The summed E-state index contributed by atoms with van der Waals surface area (Å²) in [7, 11) is 0. The van der Waals surface area contributed by atoms with Gasteiger partial charge in [0.15, 0.2) is 0 Å². The molecule has 144 valence electrons. The molecule has 0 radical (unpaired) electrons. The second-order valence-electron chi connectivity index (χ2n) is 7.30. The zero-order chi connectivity index (χ0) is 19.0. The first-order valence-corrected chi connectivity index (χ1v) is 9.63. The Kier molecular flexibility index (Phi) is 4.95. The molecule has 7 heteroatoms. The number of benzene rings is 1. The highest BCUT2D eigenvalue weighted by atomic mass is 19.1. The van der Waals surface area contributed by atoms with Crippen LogP contribution in [0.1, 0.15) is 37.4 Å². The summed E-state index contributed by atoms with van der Waals surface area (Å²) in [5, 5.41) is 7.23. The number of piperidine rings is 1. The van der Waals surface area contributed by atoms with Crippen LogP contribution in [-0.4, -0.2) is 51.6 Å². The first-order chi connectivity index (χ1) is 13.1. The Balaban J connectivity index is 1.59. The molecule has 1 unspecified atom stereocenters. The number of carbonyl (C=O) groups is 1. The third-order valence-electron chi connectivity index (χ3n) is 5.74. The number of hydrogen-bond donors (Lipinski definition) is 1. The van der Waals surface area contributed by atoms with Crippen molar-refractivity contribution < 1.29 is 13.6 Å². The van der Waals surface area contributed by atoms with Crippen LogP contribution in [0, 0.1) is 11.6 Å². The third-order valence-corrected chi connectivity index (χ3v) is 5.74. The van der Waals surface area contributed by atoms with Gasteiger partial charge in [-0.2, -0.15) is 5.10 Å². The Morgan fingerprint density at radius 3 is 2.93 bits per heavy atom. The molecule has 0 spiro atoms. The van der Waals surface area contributed by atoms with Crippen molar-refractivity contribution in [2.24, 2.45) is 0 Å². The molecule has 0 saturated carbocycles. The molecule has 1 fully saturated rings. The lowest BCUT2D eigenvalue weighted by atomic mass is 9.97. The maximum atomic E-state index is 14.2. The molecule has 27 heavy (non-hydrogen) atoms. The average molecular weight is 374 g/mol. The minimum Gasteiger partial charge on any atom is -0.336 e. The molecule has 3 heterocycles. The number of amides is 1. The van der Waals surface area contributed by atoms with Gasteiger partial charge in [-0.25, -0.2) is 8.78 Å². The number of fused-ring (bicyclic) bond motifs is 1. The van der Waals surface area contributed by atoms with Crippen LogP contribution in [0.15, 0.2) is 18.2 Å². The summed E-state index contributed by atoms with van der Waals surface area (Å²) in [5.41, 5.74) is 2.49. The molecule has 1 aromatic heterocycles. The monoisotopic (exact) mass is 374 g/mol. The number of carbonyl (C=O) groups excluding carboxylic acids is 1. The lowest BCUT2D eigenvalue weighted by Gasteiger charge is -2.38. The fourth-order valence-electron chi connectivity index (χ4n) is 4.25. The lowest BCUT2D eigenvalue weighted by molar-refractivity contribution is -0.139. The summed E-state index contributed by atoms with van der Waals surface area (Å²) < 4.78 is 27.5. The first kappa shape index (κ1) is 18.1. The standard InChI is InChI=1S/C20H24F2N4O/c1-2-25-9-4-3-5-18(25)20(27)26-10-8-17-15(12-26)19(24-23-17)14-7-6-13(21)11-16(14)22/h6-7,11,18H,2-5,8-10,12H2,1H3,(H,23,24). The molecule has 1 saturated heterocycles. The van der Waals surface area contributed by atoms with Gasteiger partial charge in [-0.15, -0.1) is 0 Å². The molecule has 2 aliphatic rings. The molecular formula is C20H24F2N4O. The highest BCUT2D eigenvalue weighted by Gasteiger charge is 2.34. The predicted molar refractivity (Wildman–Crippen MR) is 97.9 cm³/mol. The molecule has 0 aliphatic carbocycles. The van der Waals surface area contributed by atoms with E-state index in [0.717, 1.165) is 49.7 Å². The highest BCUT2D eigenvalue weighted by Crippen LogP contribution is 2.31. The predicted octanol–water partition coefficient (Wildman–Crippen LogP) is 3.11. The van der Waals surface area contributed by atoms with Gasteiger partial charge in [0.25, 0.3) is 0 Å². The molecule has 4 rings (SSSR count). The van der Waals surface area contributed by atoms with Crippen LogP contribution in [0.5, 0.6) is 0 Å². The van der Waals surface area contributed by atoms with Crippen LogP contribution >= 0.6 is 0 Å². The molecule has 2 aromatic rings. The summed E-state index contributed by atoms with van der Waals surface area (Å²) in [6.45, 7) is 4.96. The summed E-state index contributed by atoms with van der Waals surface area (Å²) in [4.78, 5) is 17.3. The summed E-state index contributed by atoms with van der Waals surface area (Å²) in [6.07, 6.45) is 3.76. The smallest absolute Gasteiger partial charge is 0.240 e. The summed E-state index contributed by atoms with van der Waals surface area (Å²) in [5.74, 6) is -1.11. The summed E-state index contributed by atoms with van der Waals surface area (Å²) >= 11 is 0. The van der Waals surface area contributed by atoms with Crippen molar-refractivity contribution in [3.05, 3.63) is 41.1 Å². The normalized spacial score (nSPS) is 20.6. The number of aromatic amines is 1. The van der Waals surface area contributed by atoms with Gasteiger partial charge in [-0.05, 0) is 38.1 Å². The van der Waals surface area contributed by atoms with Crippen molar-refractivity contribution in [1.29, 1.82) is 0 Å². The fraction of sp³-hybridized carbons (Fsp3) is 0.500. The van der Waals surface area contributed by atoms with Crippen LogP contribution < -0.4 is 0 Å². The number of nitrogens with one attached hydrogen (secondary N) is 1. The molecular weight excluding hydrogens is 350 g/mol. The third kappa shape index (κ3) is 3.36. The van der Waals surface area contributed by atoms with Crippen LogP contribution in [0.25, 0.3) is 11.3 Å². The SMILES string of the molecule is CCN1CCCCC1C(=O)N1CCc2[nH]nc(-c3ccc(F)cc3F)c2C1. The number of H-pyrrole nitrogens is 1. The van der Waals surface area contributed by atoms with Crippen molar-refractivity contribution in [2.75, 3.05) is 19.6 Å². The maximum absolute atomic E-state index is 14.2. The topological polar surface area (TPSA) is 52.2 Å². The van der Waals surface area contributed by atoms with Crippen molar-refractivity contribution in [2.45, 2.75) is 45.2 Å². The van der Waals surface area contributed by atoms with Gasteiger partial charge in [0, 0.05) is 42.4 Å². The van der Waals surface area contributed by atoms with E-state index in [0.29, 0.717) is 25.2 Å². The van der Waals surface area contributed by atoms with Gasteiger partial charge in [-0.1, -0.05) is 13.3 Å². The van der Waals surface area contributed by atoms with E-state index in [-0.39, 0.29) is 17.5 Å². The first-order valence-electron chi connectivity index (χ1n) is 9.63. The second-order valence-corrected chi connectivity index (χ2v) is 7.30. The fourth-order valence-corrected chi connectivity index (χ4v) is 4.25. The Morgan fingerprint density at radius 2 is 2.15 bits per heavy atom. The number of nitrogens with zero attached hydrogens (tertiary/aromatic N) is 3. The van der Waals surface area contributed by atoms with Gasteiger partial charge in [-0.3, -0.25) is 14.8 Å². The number of halogens is 2. The number of aromatic nitrogens is 2.